The molecule has 2 heterocycles. The third kappa shape index (κ3) is 4.31. The van der Waals surface area contributed by atoms with Crippen molar-refractivity contribution in [3.63, 3.8) is 0 Å². The van der Waals surface area contributed by atoms with E-state index in [0.29, 0.717) is 16.8 Å². The van der Waals surface area contributed by atoms with Crippen molar-refractivity contribution in [2.75, 3.05) is 0 Å². The lowest BCUT2D eigenvalue weighted by molar-refractivity contribution is 1.18. The number of para-hydroxylation sites is 3. The predicted octanol–water partition coefficient (Wildman–Crippen LogP) is 11.5. The van der Waals surface area contributed by atoms with Gasteiger partial charge in [0.1, 0.15) is 0 Å². The van der Waals surface area contributed by atoms with E-state index in [2.05, 4.69) is 80.7 Å². The fraction of sp³-hybridized carbons (Fsp3) is 0. The summed E-state index contributed by atoms with van der Waals surface area (Å²) in [5.74, 6) is 0. The van der Waals surface area contributed by atoms with E-state index in [1.165, 1.54) is 0 Å². The van der Waals surface area contributed by atoms with Crippen molar-refractivity contribution in [2.45, 2.75) is 0 Å². The average molecular weight is 636 g/mol. The topological polar surface area (TPSA) is 61.8 Å². The van der Waals surface area contributed by atoms with Gasteiger partial charge in [-0.3, -0.25) is 0 Å². The van der Waals surface area contributed by atoms with E-state index in [0.717, 1.165) is 77.2 Å². The molecule has 0 bridgehead atoms. The van der Waals surface area contributed by atoms with Crippen LogP contribution in [0.5, 0.6) is 0 Å². The molecular formula is C45H25N5. The monoisotopic (exact) mass is 635 g/mol. The number of nitriles is 2. The zero-order valence-electron chi connectivity index (χ0n) is 26.7. The molecule has 0 N–H and O–H groups in total. The Morgan fingerprint density at radius 2 is 1.08 bits per heavy atom. The Bertz CT molecular complexity index is 2970. The van der Waals surface area contributed by atoms with E-state index in [1.807, 2.05) is 97.1 Å². The minimum Gasteiger partial charge on any atom is -0.310 e. The lowest BCUT2D eigenvalue weighted by Gasteiger charge is -2.18. The first-order valence-corrected chi connectivity index (χ1v) is 16.3. The van der Waals surface area contributed by atoms with Crippen molar-refractivity contribution in [1.82, 2.24) is 9.13 Å². The minimum atomic E-state index is 0.556. The van der Waals surface area contributed by atoms with E-state index in [4.69, 9.17) is 6.57 Å². The first-order valence-electron chi connectivity index (χ1n) is 16.3. The number of aromatic nitrogens is 2. The maximum Gasteiger partial charge on any atom is 0.189 e. The lowest BCUT2D eigenvalue weighted by Crippen LogP contribution is -1.99. The van der Waals surface area contributed by atoms with Crippen LogP contribution in [0.1, 0.15) is 11.1 Å². The molecule has 5 nitrogen and oxygen atoms in total. The van der Waals surface area contributed by atoms with Crippen LogP contribution >= 0.6 is 0 Å². The highest BCUT2D eigenvalue weighted by Gasteiger charge is 2.20. The van der Waals surface area contributed by atoms with Crippen molar-refractivity contribution in [1.29, 1.82) is 10.5 Å². The maximum atomic E-state index is 10.6. The number of benzene rings is 7. The van der Waals surface area contributed by atoms with Gasteiger partial charge in [-0.1, -0.05) is 97.1 Å². The molecular weight excluding hydrogens is 611 g/mol. The molecule has 5 heteroatoms. The summed E-state index contributed by atoms with van der Waals surface area (Å²) in [4.78, 5) is 3.69. The van der Waals surface area contributed by atoms with Crippen LogP contribution in [-0.2, 0) is 0 Å². The van der Waals surface area contributed by atoms with Gasteiger partial charge in [-0.25, -0.2) is 4.85 Å². The molecule has 0 saturated carbocycles. The number of rotatable bonds is 4. The Kier molecular flexibility index (Phi) is 6.56. The van der Waals surface area contributed by atoms with Crippen molar-refractivity contribution in [2.24, 2.45) is 0 Å². The highest BCUT2D eigenvalue weighted by atomic mass is 15.0. The molecule has 230 valence electrons. The van der Waals surface area contributed by atoms with Gasteiger partial charge < -0.3 is 9.13 Å². The van der Waals surface area contributed by atoms with Crippen LogP contribution < -0.4 is 0 Å². The summed E-state index contributed by atoms with van der Waals surface area (Å²) < 4.78 is 4.41. The van der Waals surface area contributed by atoms with Crippen LogP contribution in [0.25, 0.3) is 82.1 Å². The van der Waals surface area contributed by atoms with Gasteiger partial charge in [-0.15, -0.1) is 0 Å². The van der Waals surface area contributed by atoms with E-state index < -0.39 is 0 Å². The normalized spacial score (nSPS) is 11.1. The van der Waals surface area contributed by atoms with Gasteiger partial charge in [0.05, 0.1) is 52.1 Å². The van der Waals surface area contributed by atoms with Crippen molar-refractivity contribution in [3.05, 3.63) is 174 Å². The molecule has 9 rings (SSSR count). The first kappa shape index (κ1) is 28.8. The molecule has 0 amide bonds. The summed E-state index contributed by atoms with van der Waals surface area (Å²) in [6, 6.07) is 55.6. The average Bonchev–Trinajstić information content (AvgIpc) is 3.69. The largest absolute Gasteiger partial charge is 0.310 e. The third-order valence-electron chi connectivity index (χ3n) is 9.62. The number of hydrogen-bond donors (Lipinski definition) is 0. The molecule has 0 aliphatic heterocycles. The van der Waals surface area contributed by atoms with Crippen LogP contribution in [-0.4, -0.2) is 9.13 Å². The fourth-order valence-electron chi connectivity index (χ4n) is 7.46. The molecule has 0 atom stereocenters. The molecule has 9 aromatic rings. The molecule has 2 aromatic heterocycles. The zero-order chi connectivity index (χ0) is 33.8. The standard InChI is InChI=1S/C45H25N5/c1-48-31-19-21-39-37-13-5-7-15-41(37)49(45(39)26-31)32-20-22-33(30(25-32)28-47)34-10-2-3-11-35(34)36-12-4-8-16-42(36)50-43-17-9-6-14-38(43)40-24-29(27-46)18-23-44(40)50/h2-26H. The second-order valence-electron chi connectivity index (χ2n) is 12.3. The molecule has 0 aliphatic rings. The molecule has 7 aromatic carbocycles. The fourth-order valence-corrected chi connectivity index (χ4v) is 7.46. The molecule has 0 spiro atoms. The summed E-state index contributed by atoms with van der Waals surface area (Å²) in [5, 5.41) is 24.6. The lowest BCUT2D eigenvalue weighted by atomic mass is 9.91. The van der Waals surface area contributed by atoms with Crippen LogP contribution in [0.15, 0.2) is 152 Å². The maximum absolute atomic E-state index is 10.6. The van der Waals surface area contributed by atoms with Gasteiger partial charge in [0.15, 0.2) is 5.69 Å². The summed E-state index contributed by atoms with van der Waals surface area (Å²) in [5.41, 5.74) is 11.5. The van der Waals surface area contributed by atoms with Crippen molar-refractivity contribution in [3.8, 4) is 45.8 Å². The quantitative estimate of drug-likeness (QED) is 0.181. The van der Waals surface area contributed by atoms with Crippen LogP contribution in [0, 0.1) is 29.2 Å². The minimum absolute atomic E-state index is 0.556. The molecule has 0 aliphatic carbocycles. The Hall–Kier alpha value is -7.39. The highest BCUT2D eigenvalue weighted by molar-refractivity contribution is 6.11. The Morgan fingerprint density at radius 3 is 1.82 bits per heavy atom. The number of hydrogen-bond acceptors (Lipinski definition) is 2. The van der Waals surface area contributed by atoms with Crippen molar-refractivity contribution >= 4 is 49.3 Å². The Labute approximate surface area is 288 Å². The first-order chi connectivity index (χ1) is 24.7. The molecule has 0 saturated heterocycles. The summed E-state index contributed by atoms with van der Waals surface area (Å²) in [7, 11) is 0. The summed E-state index contributed by atoms with van der Waals surface area (Å²) >= 11 is 0. The molecule has 50 heavy (non-hydrogen) atoms. The SMILES string of the molecule is [C-]#[N+]c1ccc2c3ccccc3n(-c3ccc(-c4ccccc4-c4ccccc4-n4c5ccccc5c5cc(C#N)ccc54)c(C#N)c3)c2c1. The second-order valence-corrected chi connectivity index (χ2v) is 12.3. The molecule has 0 unspecified atom stereocenters. The smallest absolute Gasteiger partial charge is 0.189 e. The van der Waals surface area contributed by atoms with Crippen molar-refractivity contribution < 1.29 is 0 Å². The molecule has 0 radical (unpaired) electrons. The van der Waals surface area contributed by atoms with Gasteiger partial charge in [-0.2, -0.15) is 10.5 Å². The second kappa shape index (κ2) is 11.4. The van der Waals surface area contributed by atoms with E-state index in [1.54, 1.807) is 0 Å². The zero-order valence-corrected chi connectivity index (χ0v) is 26.7. The van der Waals surface area contributed by atoms with Gasteiger partial charge in [0.25, 0.3) is 0 Å². The number of nitrogens with zero attached hydrogens (tertiary/aromatic N) is 5. The third-order valence-corrected chi connectivity index (χ3v) is 9.62. The highest BCUT2D eigenvalue weighted by Crippen LogP contribution is 2.41. The summed E-state index contributed by atoms with van der Waals surface area (Å²) in [6.07, 6.45) is 0. The van der Waals surface area contributed by atoms with Gasteiger partial charge in [0, 0.05) is 43.9 Å². The Morgan fingerprint density at radius 1 is 0.460 bits per heavy atom. The van der Waals surface area contributed by atoms with Gasteiger partial charge in [-0.05, 0) is 65.7 Å². The number of fused-ring (bicyclic) bond motifs is 6. The Balaban J connectivity index is 1.25. The van der Waals surface area contributed by atoms with E-state index >= 15 is 0 Å². The predicted molar refractivity (Wildman–Crippen MR) is 202 cm³/mol. The molecule has 0 fully saturated rings. The van der Waals surface area contributed by atoms with Gasteiger partial charge in [0.2, 0.25) is 0 Å². The van der Waals surface area contributed by atoms with Crippen LogP contribution in [0.3, 0.4) is 0 Å². The van der Waals surface area contributed by atoms with E-state index in [-0.39, 0.29) is 0 Å². The van der Waals surface area contributed by atoms with E-state index in [9.17, 15) is 10.5 Å². The summed E-state index contributed by atoms with van der Waals surface area (Å²) in [6.45, 7) is 7.62. The van der Waals surface area contributed by atoms with Crippen LogP contribution in [0.2, 0.25) is 0 Å². The van der Waals surface area contributed by atoms with Crippen LogP contribution in [0.4, 0.5) is 5.69 Å². The van der Waals surface area contributed by atoms with Gasteiger partial charge >= 0.3 is 0 Å².